The van der Waals surface area contributed by atoms with Crippen molar-refractivity contribution in [1.82, 2.24) is 0 Å². The Morgan fingerprint density at radius 3 is 2.82 bits per heavy atom. The van der Waals surface area contributed by atoms with Crippen LogP contribution < -0.4 is 4.31 Å². The van der Waals surface area contributed by atoms with Gasteiger partial charge in [0.05, 0.1) is 18.2 Å². The number of nitrogens with zero attached hydrogens (tertiary/aromatic N) is 1. The summed E-state index contributed by atoms with van der Waals surface area (Å²) in [5, 5.41) is 0. The second kappa shape index (κ2) is 3.26. The van der Waals surface area contributed by atoms with E-state index in [1.54, 1.807) is 12.3 Å². The molecule has 2 aliphatic rings. The fourth-order valence-electron chi connectivity index (χ4n) is 2.51. The molecule has 17 heavy (non-hydrogen) atoms. The smallest absolute Gasteiger partial charge is 0.232 e. The molecule has 1 aromatic carbocycles. The van der Waals surface area contributed by atoms with Crippen LogP contribution in [0, 0.1) is 6.92 Å². The van der Waals surface area contributed by atoms with E-state index >= 15 is 0 Å². The van der Waals surface area contributed by atoms with Crippen molar-refractivity contribution in [2.75, 3.05) is 10.6 Å². The molecule has 0 aromatic heterocycles. The Morgan fingerprint density at radius 1 is 1.35 bits per heavy atom. The zero-order chi connectivity index (χ0) is 12.2. The lowest BCUT2D eigenvalue weighted by Crippen LogP contribution is -2.35. The molecule has 0 bridgehead atoms. The predicted octanol–water partition coefficient (Wildman–Crippen LogP) is 1.73. The molecule has 0 spiro atoms. The number of hydrogen-bond donors (Lipinski definition) is 0. The summed E-state index contributed by atoms with van der Waals surface area (Å²) in [6.07, 6.45) is 4.41. The standard InChI is InChI=1S/C12H13NO3S/c1-8-3-4-10-9(7-8)12-11(5-6-16-12)13(10)17(2,14)15/h3-7,11-12H,1-2H3/t11-,12-/m1/s1. The largest absolute Gasteiger partial charge is 0.491 e. The molecule has 4 nitrogen and oxygen atoms in total. The van der Waals surface area contributed by atoms with E-state index in [4.69, 9.17) is 4.74 Å². The summed E-state index contributed by atoms with van der Waals surface area (Å²) in [4.78, 5) is 0. The van der Waals surface area contributed by atoms with Gasteiger partial charge in [-0.05, 0) is 19.1 Å². The van der Waals surface area contributed by atoms with Gasteiger partial charge in [-0.25, -0.2) is 8.42 Å². The number of benzene rings is 1. The van der Waals surface area contributed by atoms with Gasteiger partial charge in [0.1, 0.15) is 12.1 Å². The second-order valence-corrected chi connectivity index (χ2v) is 6.36. The Morgan fingerprint density at radius 2 is 2.12 bits per heavy atom. The molecule has 0 N–H and O–H groups in total. The highest BCUT2D eigenvalue weighted by atomic mass is 32.2. The first-order valence-electron chi connectivity index (χ1n) is 5.40. The first-order chi connectivity index (χ1) is 7.98. The Balaban J connectivity index is 2.22. The Bertz CT molecular complexity index is 606. The van der Waals surface area contributed by atoms with Crippen LogP contribution in [0.5, 0.6) is 0 Å². The number of ether oxygens (including phenoxy) is 1. The average molecular weight is 251 g/mol. The van der Waals surface area contributed by atoms with Crippen molar-refractivity contribution in [3.05, 3.63) is 41.7 Å². The molecule has 2 atom stereocenters. The first-order valence-corrected chi connectivity index (χ1v) is 7.25. The van der Waals surface area contributed by atoms with Crippen molar-refractivity contribution < 1.29 is 13.2 Å². The Labute approximate surface area is 101 Å². The third-order valence-electron chi connectivity index (χ3n) is 3.17. The third kappa shape index (κ3) is 1.45. The molecule has 2 heterocycles. The van der Waals surface area contributed by atoms with E-state index < -0.39 is 10.0 Å². The normalized spacial score (nSPS) is 25.6. The second-order valence-electron chi connectivity index (χ2n) is 4.50. The lowest BCUT2D eigenvalue weighted by molar-refractivity contribution is 0.170. The topological polar surface area (TPSA) is 46.6 Å². The van der Waals surface area contributed by atoms with Gasteiger partial charge in [-0.1, -0.05) is 17.7 Å². The van der Waals surface area contributed by atoms with Crippen LogP contribution in [0.1, 0.15) is 17.2 Å². The fraction of sp³-hybridized carbons (Fsp3) is 0.333. The van der Waals surface area contributed by atoms with E-state index in [2.05, 4.69) is 0 Å². The van der Waals surface area contributed by atoms with Crippen LogP contribution >= 0.6 is 0 Å². The van der Waals surface area contributed by atoms with Gasteiger partial charge in [0.25, 0.3) is 0 Å². The van der Waals surface area contributed by atoms with Gasteiger partial charge in [0.2, 0.25) is 10.0 Å². The van der Waals surface area contributed by atoms with Crippen LogP contribution in [0.25, 0.3) is 0 Å². The molecular formula is C12H13NO3S. The van der Waals surface area contributed by atoms with E-state index in [0.29, 0.717) is 0 Å². The van der Waals surface area contributed by atoms with Gasteiger partial charge >= 0.3 is 0 Å². The lowest BCUT2D eigenvalue weighted by atomic mass is 10.1. The van der Waals surface area contributed by atoms with Crippen LogP contribution in [0.4, 0.5) is 5.69 Å². The van der Waals surface area contributed by atoms with Crippen LogP contribution in [-0.4, -0.2) is 20.7 Å². The molecule has 0 fully saturated rings. The zero-order valence-corrected chi connectivity index (χ0v) is 10.4. The minimum absolute atomic E-state index is 0.195. The van der Waals surface area contributed by atoms with Crippen molar-refractivity contribution in [2.24, 2.45) is 0 Å². The van der Waals surface area contributed by atoms with E-state index in [-0.39, 0.29) is 12.1 Å². The highest BCUT2D eigenvalue weighted by Gasteiger charge is 2.44. The number of rotatable bonds is 1. The molecule has 1 aromatic rings. The number of sulfonamides is 1. The van der Waals surface area contributed by atoms with Crippen LogP contribution in [-0.2, 0) is 14.8 Å². The highest BCUT2D eigenvalue weighted by molar-refractivity contribution is 7.92. The van der Waals surface area contributed by atoms with Gasteiger partial charge in [-0.3, -0.25) is 4.31 Å². The molecule has 3 rings (SSSR count). The van der Waals surface area contributed by atoms with Crippen molar-refractivity contribution in [3.63, 3.8) is 0 Å². The summed E-state index contributed by atoms with van der Waals surface area (Å²) in [6.45, 7) is 1.99. The van der Waals surface area contributed by atoms with Crippen molar-refractivity contribution in [1.29, 1.82) is 0 Å². The van der Waals surface area contributed by atoms with E-state index in [1.165, 1.54) is 10.6 Å². The van der Waals surface area contributed by atoms with E-state index in [9.17, 15) is 8.42 Å². The summed E-state index contributed by atoms with van der Waals surface area (Å²) >= 11 is 0. The summed E-state index contributed by atoms with van der Waals surface area (Å²) in [5.74, 6) is 0. The molecule has 0 radical (unpaired) electrons. The van der Waals surface area contributed by atoms with E-state index in [0.717, 1.165) is 16.8 Å². The molecule has 0 amide bonds. The molecule has 2 aliphatic heterocycles. The van der Waals surface area contributed by atoms with Crippen molar-refractivity contribution in [2.45, 2.75) is 19.1 Å². The summed E-state index contributed by atoms with van der Waals surface area (Å²) in [5.41, 5.74) is 2.79. The maximum Gasteiger partial charge on any atom is 0.232 e. The molecule has 0 saturated heterocycles. The van der Waals surface area contributed by atoms with E-state index in [1.807, 2.05) is 25.1 Å². The SMILES string of the molecule is Cc1ccc2c(c1)[C@H]1OC=C[C@H]1N2S(C)(=O)=O. The number of anilines is 1. The molecule has 0 unspecified atom stereocenters. The quantitative estimate of drug-likeness (QED) is 0.763. The highest BCUT2D eigenvalue weighted by Crippen LogP contribution is 2.46. The van der Waals surface area contributed by atoms with Gasteiger partial charge in [0, 0.05) is 5.56 Å². The fourth-order valence-corrected chi connectivity index (χ4v) is 3.66. The summed E-state index contributed by atoms with van der Waals surface area (Å²) in [7, 11) is -3.28. The van der Waals surface area contributed by atoms with Crippen LogP contribution in [0.15, 0.2) is 30.5 Å². The van der Waals surface area contributed by atoms with Crippen molar-refractivity contribution in [3.8, 4) is 0 Å². The summed E-state index contributed by atoms with van der Waals surface area (Å²) in [6, 6.07) is 5.52. The molecule has 5 heteroatoms. The van der Waals surface area contributed by atoms with Gasteiger partial charge in [-0.15, -0.1) is 0 Å². The molecular weight excluding hydrogens is 238 g/mol. The minimum Gasteiger partial charge on any atom is -0.491 e. The lowest BCUT2D eigenvalue weighted by Gasteiger charge is -2.21. The maximum absolute atomic E-state index is 11.9. The molecule has 90 valence electrons. The maximum atomic E-state index is 11.9. The predicted molar refractivity (Wildman–Crippen MR) is 65.3 cm³/mol. The van der Waals surface area contributed by atoms with Gasteiger partial charge < -0.3 is 4.74 Å². The van der Waals surface area contributed by atoms with Crippen LogP contribution in [0.2, 0.25) is 0 Å². The van der Waals surface area contributed by atoms with Gasteiger partial charge in [0.15, 0.2) is 0 Å². The number of fused-ring (bicyclic) bond motifs is 3. The number of aryl methyl sites for hydroxylation is 1. The van der Waals surface area contributed by atoms with Gasteiger partial charge in [-0.2, -0.15) is 0 Å². The van der Waals surface area contributed by atoms with Crippen molar-refractivity contribution >= 4 is 15.7 Å². The Hall–Kier alpha value is -1.49. The molecule has 0 saturated carbocycles. The monoisotopic (exact) mass is 251 g/mol. The average Bonchev–Trinajstić information content (AvgIpc) is 2.75. The minimum atomic E-state index is -3.28. The zero-order valence-electron chi connectivity index (χ0n) is 9.62. The third-order valence-corrected chi connectivity index (χ3v) is 4.32. The first kappa shape index (κ1) is 10.7. The van der Waals surface area contributed by atoms with Crippen LogP contribution in [0.3, 0.4) is 0 Å². The summed E-state index contributed by atoms with van der Waals surface area (Å²) < 4.78 is 30.7. The number of hydrogen-bond acceptors (Lipinski definition) is 3. The Kier molecular flexibility index (Phi) is 2.04. The molecule has 0 aliphatic carbocycles.